The van der Waals surface area contributed by atoms with E-state index in [1.807, 2.05) is 36.4 Å². The fraction of sp³-hybridized carbons (Fsp3) is 0.263. The maximum Gasteiger partial charge on any atom is 0.248 e. The zero-order chi connectivity index (χ0) is 17.8. The maximum absolute atomic E-state index is 12.4. The van der Waals surface area contributed by atoms with Gasteiger partial charge in [0.25, 0.3) is 0 Å². The van der Waals surface area contributed by atoms with Crippen LogP contribution in [-0.4, -0.2) is 32.3 Å². The number of anilines is 1. The second kappa shape index (κ2) is 7.45. The van der Waals surface area contributed by atoms with Crippen LogP contribution in [0.4, 0.5) is 5.95 Å². The summed E-state index contributed by atoms with van der Waals surface area (Å²) in [6, 6.07) is 13.8. The Morgan fingerprint density at radius 1 is 1.19 bits per heavy atom. The molecule has 2 aromatic heterocycles. The van der Waals surface area contributed by atoms with E-state index in [2.05, 4.69) is 26.4 Å². The molecule has 132 valence electrons. The molecule has 1 aliphatic rings. The Hall–Kier alpha value is -3.06. The predicted molar refractivity (Wildman–Crippen MR) is 95.4 cm³/mol. The largest absolute Gasteiger partial charge is 0.373 e. The number of nitrogens with zero attached hydrogens (tertiary/aromatic N) is 4. The van der Waals surface area contributed by atoms with E-state index in [1.54, 1.807) is 17.2 Å². The van der Waals surface area contributed by atoms with Crippen molar-refractivity contribution in [3.8, 4) is 0 Å². The number of nitrogens with one attached hydrogen (secondary N) is 1. The van der Waals surface area contributed by atoms with Gasteiger partial charge in [0.15, 0.2) is 0 Å². The molecule has 1 N–H and O–H groups in total. The topological polar surface area (TPSA) is 81.9 Å². The van der Waals surface area contributed by atoms with Crippen molar-refractivity contribution in [3.05, 3.63) is 71.8 Å². The van der Waals surface area contributed by atoms with Crippen molar-refractivity contribution in [2.75, 3.05) is 11.9 Å². The van der Waals surface area contributed by atoms with E-state index >= 15 is 0 Å². The highest BCUT2D eigenvalue weighted by atomic mass is 16.5. The smallest absolute Gasteiger partial charge is 0.248 e. The van der Waals surface area contributed by atoms with Gasteiger partial charge in [-0.3, -0.25) is 15.1 Å². The van der Waals surface area contributed by atoms with Crippen molar-refractivity contribution < 1.29 is 9.53 Å². The summed E-state index contributed by atoms with van der Waals surface area (Å²) < 4.78 is 7.43. The third-order valence-corrected chi connectivity index (χ3v) is 4.30. The van der Waals surface area contributed by atoms with Gasteiger partial charge >= 0.3 is 0 Å². The fourth-order valence-corrected chi connectivity index (χ4v) is 3.08. The zero-order valence-corrected chi connectivity index (χ0v) is 14.2. The lowest BCUT2D eigenvalue weighted by Crippen LogP contribution is -2.22. The molecule has 26 heavy (non-hydrogen) atoms. The van der Waals surface area contributed by atoms with Crippen molar-refractivity contribution in [3.63, 3.8) is 0 Å². The third-order valence-electron chi connectivity index (χ3n) is 4.30. The molecular formula is C19H19N5O2. The van der Waals surface area contributed by atoms with Crippen LogP contribution >= 0.6 is 0 Å². The number of hydrogen-bond acceptors (Lipinski definition) is 5. The van der Waals surface area contributed by atoms with E-state index in [-0.39, 0.29) is 24.4 Å². The van der Waals surface area contributed by atoms with Crippen molar-refractivity contribution >= 4 is 11.9 Å². The van der Waals surface area contributed by atoms with Crippen LogP contribution in [0, 0.1) is 0 Å². The van der Waals surface area contributed by atoms with Crippen LogP contribution in [-0.2, 0) is 22.5 Å². The van der Waals surface area contributed by atoms with Crippen LogP contribution < -0.4 is 5.32 Å². The highest BCUT2D eigenvalue weighted by Gasteiger charge is 2.23. The molecule has 1 aliphatic heterocycles. The van der Waals surface area contributed by atoms with Crippen molar-refractivity contribution in [1.29, 1.82) is 0 Å². The van der Waals surface area contributed by atoms with Crippen LogP contribution in [0.5, 0.6) is 0 Å². The zero-order valence-electron chi connectivity index (χ0n) is 14.2. The van der Waals surface area contributed by atoms with Gasteiger partial charge in [-0.2, -0.15) is 0 Å². The minimum Gasteiger partial charge on any atom is -0.373 e. The molecule has 1 aromatic carbocycles. The van der Waals surface area contributed by atoms with Gasteiger partial charge in [0.2, 0.25) is 11.9 Å². The van der Waals surface area contributed by atoms with E-state index in [0.29, 0.717) is 13.2 Å². The average molecular weight is 349 g/mol. The van der Waals surface area contributed by atoms with Gasteiger partial charge in [-0.15, -0.1) is 5.10 Å². The number of benzene rings is 1. The first-order valence-corrected chi connectivity index (χ1v) is 8.56. The lowest BCUT2D eigenvalue weighted by Gasteiger charge is -2.25. The average Bonchev–Trinajstić information content (AvgIpc) is 3.09. The normalized spacial score (nSPS) is 16.1. The summed E-state index contributed by atoms with van der Waals surface area (Å²) in [6.07, 6.45) is 4.21. The first-order chi connectivity index (χ1) is 12.8. The first kappa shape index (κ1) is 16.4. The van der Waals surface area contributed by atoms with E-state index in [9.17, 15) is 4.79 Å². The summed E-state index contributed by atoms with van der Waals surface area (Å²) in [5.74, 6) is 0.123. The highest BCUT2D eigenvalue weighted by Crippen LogP contribution is 2.29. The number of pyridine rings is 1. The number of ether oxygens (including phenoxy) is 1. The Morgan fingerprint density at radius 2 is 2.08 bits per heavy atom. The minimum atomic E-state index is -0.226. The lowest BCUT2D eigenvalue weighted by atomic mass is 9.96. The Labute approximate surface area is 151 Å². The fourth-order valence-electron chi connectivity index (χ4n) is 3.08. The molecule has 1 atom stereocenters. The van der Waals surface area contributed by atoms with Gasteiger partial charge in [0.1, 0.15) is 6.33 Å². The summed E-state index contributed by atoms with van der Waals surface area (Å²) in [5, 5.41) is 7.02. The molecule has 3 heterocycles. The second-order valence-corrected chi connectivity index (χ2v) is 6.15. The number of rotatable bonds is 5. The van der Waals surface area contributed by atoms with Crippen molar-refractivity contribution in [1.82, 2.24) is 19.7 Å². The highest BCUT2D eigenvalue weighted by molar-refractivity contribution is 5.89. The molecule has 0 bridgehead atoms. The molecule has 0 saturated heterocycles. The lowest BCUT2D eigenvalue weighted by molar-refractivity contribution is -0.119. The van der Waals surface area contributed by atoms with Gasteiger partial charge in [-0.25, -0.2) is 9.67 Å². The van der Waals surface area contributed by atoms with Gasteiger partial charge in [0, 0.05) is 6.20 Å². The van der Waals surface area contributed by atoms with Crippen LogP contribution in [0.1, 0.15) is 29.3 Å². The predicted octanol–water partition coefficient (Wildman–Crippen LogP) is 2.36. The maximum atomic E-state index is 12.4. The Balaban J connectivity index is 1.37. The summed E-state index contributed by atoms with van der Waals surface area (Å²) in [6.45, 7) is 1.13. The minimum absolute atomic E-state index is 0.165. The monoisotopic (exact) mass is 349 g/mol. The Morgan fingerprint density at radius 3 is 2.96 bits per heavy atom. The van der Waals surface area contributed by atoms with E-state index in [0.717, 1.165) is 17.7 Å². The second-order valence-electron chi connectivity index (χ2n) is 6.15. The first-order valence-electron chi connectivity index (χ1n) is 8.56. The number of carbonyl (C=O) groups excluding carboxylic acids is 1. The SMILES string of the molecule is O=C(C[C@H]1OCCc2ccccc21)Nc1ncn(Cc2ccccn2)n1. The molecule has 0 radical (unpaired) electrons. The molecular weight excluding hydrogens is 330 g/mol. The van der Waals surface area contributed by atoms with Gasteiger partial charge in [-0.05, 0) is 29.7 Å². The standard InChI is InChI=1S/C19H19N5O2/c25-18(11-17-16-7-2-1-5-14(16)8-10-26-17)22-19-21-13-24(23-19)12-15-6-3-4-9-20-15/h1-7,9,13,17H,8,10-12H2,(H,22,23,25)/t17-/m1/s1. The van der Waals surface area contributed by atoms with Crippen molar-refractivity contribution in [2.24, 2.45) is 0 Å². The van der Waals surface area contributed by atoms with Crippen LogP contribution in [0.3, 0.4) is 0 Å². The molecule has 4 rings (SSSR count). The molecule has 0 unspecified atom stereocenters. The van der Waals surface area contributed by atoms with E-state index < -0.39 is 0 Å². The summed E-state index contributed by atoms with van der Waals surface area (Å²) in [5.41, 5.74) is 3.21. The summed E-state index contributed by atoms with van der Waals surface area (Å²) in [4.78, 5) is 20.8. The van der Waals surface area contributed by atoms with E-state index in [1.165, 1.54) is 5.56 Å². The molecule has 0 fully saturated rings. The van der Waals surface area contributed by atoms with Gasteiger partial charge in [-0.1, -0.05) is 30.3 Å². The molecule has 0 aliphatic carbocycles. The molecule has 0 spiro atoms. The quantitative estimate of drug-likeness (QED) is 0.765. The number of aromatic nitrogens is 4. The summed E-state index contributed by atoms with van der Waals surface area (Å²) in [7, 11) is 0. The summed E-state index contributed by atoms with van der Waals surface area (Å²) >= 11 is 0. The van der Waals surface area contributed by atoms with Crippen LogP contribution in [0.25, 0.3) is 0 Å². The van der Waals surface area contributed by atoms with Crippen molar-refractivity contribution in [2.45, 2.75) is 25.5 Å². The molecule has 3 aromatic rings. The molecule has 7 nitrogen and oxygen atoms in total. The Kier molecular flexibility index (Phi) is 4.70. The van der Waals surface area contributed by atoms with Crippen LogP contribution in [0.2, 0.25) is 0 Å². The number of fused-ring (bicyclic) bond motifs is 1. The van der Waals surface area contributed by atoms with E-state index in [4.69, 9.17) is 4.74 Å². The molecule has 0 saturated carbocycles. The number of amides is 1. The Bertz CT molecular complexity index is 894. The van der Waals surface area contributed by atoms with Gasteiger partial charge in [0.05, 0.1) is 31.4 Å². The molecule has 7 heteroatoms. The number of carbonyl (C=O) groups is 1. The number of hydrogen-bond donors (Lipinski definition) is 1. The molecule has 1 amide bonds. The van der Waals surface area contributed by atoms with Crippen LogP contribution in [0.15, 0.2) is 55.0 Å². The van der Waals surface area contributed by atoms with Gasteiger partial charge < -0.3 is 4.74 Å². The third kappa shape index (κ3) is 3.78.